The highest BCUT2D eigenvalue weighted by Gasteiger charge is 2.20. The highest BCUT2D eigenvalue weighted by atomic mass is 79.9. The van der Waals surface area contributed by atoms with Gasteiger partial charge in [0, 0.05) is 28.0 Å². The molecule has 1 unspecified atom stereocenters. The van der Waals surface area contributed by atoms with E-state index < -0.39 is 10.8 Å². The molecule has 0 fully saturated rings. The molecule has 7 nitrogen and oxygen atoms in total. The lowest BCUT2D eigenvalue weighted by Crippen LogP contribution is -2.14. The molecular weight excluding hydrogens is 436 g/mol. The third-order valence-corrected chi connectivity index (χ3v) is 4.89. The second-order valence-electron chi connectivity index (χ2n) is 6.52. The fourth-order valence-electron chi connectivity index (χ4n) is 2.85. The quantitative estimate of drug-likeness (QED) is 0.379. The van der Waals surface area contributed by atoms with Gasteiger partial charge < -0.3 is 10.6 Å². The number of nitrogens with one attached hydrogen (secondary N) is 2. The molecule has 0 radical (unpaired) electrons. The molecule has 0 aliphatic rings. The summed E-state index contributed by atoms with van der Waals surface area (Å²) in [4.78, 5) is 27.9. The molecule has 0 saturated carbocycles. The lowest BCUT2D eigenvalue weighted by atomic mass is 10.1. The van der Waals surface area contributed by atoms with E-state index in [2.05, 4.69) is 31.5 Å². The molecule has 1 heterocycles. The summed E-state index contributed by atoms with van der Waals surface area (Å²) in [6, 6.07) is 15.1. The fourth-order valence-corrected chi connectivity index (χ4v) is 3.32. The number of benzene rings is 2. The van der Waals surface area contributed by atoms with Gasteiger partial charge in [0.1, 0.15) is 5.69 Å². The lowest BCUT2D eigenvalue weighted by molar-refractivity contribution is -0.384. The Morgan fingerprint density at radius 2 is 1.90 bits per heavy atom. The molecule has 148 valence electrons. The van der Waals surface area contributed by atoms with Crippen molar-refractivity contribution in [1.82, 2.24) is 4.98 Å². The molecule has 8 heteroatoms. The van der Waals surface area contributed by atoms with Crippen molar-refractivity contribution in [3.63, 3.8) is 0 Å². The molecule has 0 spiro atoms. The first kappa shape index (κ1) is 20.5. The second-order valence-corrected chi connectivity index (χ2v) is 7.44. The van der Waals surface area contributed by atoms with Gasteiger partial charge in [0.15, 0.2) is 0 Å². The number of nitro groups is 1. The summed E-state index contributed by atoms with van der Waals surface area (Å²) in [6.45, 7) is 3.73. The highest BCUT2D eigenvalue weighted by molar-refractivity contribution is 9.10. The summed E-state index contributed by atoms with van der Waals surface area (Å²) in [7, 11) is 0. The van der Waals surface area contributed by atoms with Crippen molar-refractivity contribution >= 4 is 38.9 Å². The second kappa shape index (κ2) is 8.83. The van der Waals surface area contributed by atoms with Crippen molar-refractivity contribution in [1.29, 1.82) is 0 Å². The standard InChI is InChI=1S/C21H19BrN4O3/c1-13-11-16(22)7-9-17(13)25-21(27)15-6-8-19(20(12-15)26(28)29)24-14(2)18-5-3-4-10-23-18/h3-12,14,24H,1-2H3,(H,25,27). The predicted octanol–water partition coefficient (Wildman–Crippen LogP) is 5.49. The summed E-state index contributed by atoms with van der Waals surface area (Å²) >= 11 is 3.38. The minimum absolute atomic E-state index is 0.173. The molecule has 2 aromatic carbocycles. The molecule has 0 aliphatic heterocycles. The average molecular weight is 455 g/mol. The Kier molecular flexibility index (Phi) is 6.23. The SMILES string of the molecule is Cc1cc(Br)ccc1NC(=O)c1ccc(NC(C)c2ccccn2)c([N+](=O)[O-])c1. The van der Waals surface area contributed by atoms with Gasteiger partial charge >= 0.3 is 0 Å². The molecule has 3 aromatic rings. The maximum atomic E-state index is 12.6. The number of carbonyl (C=O) groups excluding carboxylic acids is 1. The summed E-state index contributed by atoms with van der Waals surface area (Å²) < 4.78 is 0.904. The van der Waals surface area contributed by atoms with Crippen molar-refractivity contribution in [3.8, 4) is 0 Å². The number of amides is 1. The van der Waals surface area contributed by atoms with E-state index in [1.807, 2.05) is 38.1 Å². The molecule has 1 atom stereocenters. The zero-order valence-electron chi connectivity index (χ0n) is 15.8. The summed E-state index contributed by atoms with van der Waals surface area (Å²) in [6.07, 6.45) is 1.67. The van der Waals surface area contributed by atoms with Gasteiger partial charge in [-0.3, -0.25) is 19.9 Å². The topological polar surface area (TPSA) is 97.2 Å². The maximum Gasteiger partial charge on any atom is 0.293 e. The van der Waals surface area contributed by atoms with Crippen LogP contribution in [0.4, 0.5) is 17.1 Å². The van der Waals surface area contributed by atoms with Gasteiger partial charge in [0.25, 0.3) is 11.6 Å². The first-order valence-corrected chi connectivity index (χ1v) is 9.68. The molecule has 0 bridgehead atoms. The molecule has 3 rings (SSSR count). The monoisotopic (exact) mass is 454 g/mol. The van der Waals surface area contributed by atoms with E-state index in [0.717, 1.165) is 15.7 Å². The number of hydrogen-bond acceptors (Lipinski definition) is 5. The number of aryl methyl sites for hydroxylation is 1. The van der Waals surface area contributed by atoms with Gasteiger partial charge in [0.2, 0.25) is 0 Å². The normalized spacial score (nSPS) is 11.6. The van der Waals surface area contributed by atoms with Crippen LogP contribution in [0.5, 0.6) is 0 Å². The van der Waals surface area contributed by atoms with Gasteiger partial charge in [-0.15, -0.1) is 0 Å². The lowest BCUT2D eigenvalue weighted by Gasteiger charge is -2.15. The average Bonchev–Trinajstić information content (AvgIpc) is 2.70. The van der Waals surface area contributed by atoms with E-state index in [4.69, 9.17) is 0 Å². The Hall–Kier alpha value is -3.26. The van der Waals surface area contributed by atoms with Gasteiger partial charge in [-0.1, -0.05) is 22.0 Å². The molecule has 1 aromatic heterocycles. The Balaban J connectivity index is 1.83. The number of nitrogens with zero attached hydrogens (tertiary/aromatic N) is 2. The zero-order valence-corrected chi connectivity index (χ0v) is 17.4. The smallest absolute Gasteiger partial charge is 0.293 e. The summed E-state index contributed by atoms with van der Waals surface area (Å²) in [5.74, 6) is -0.414. The fraction of sp³-hybridized carbons (Fsp3) is 0.143. The largest absolute Gasteiger partial charge is 0.371 e. The predicted molar refractivity (Wildman–Crippen MR) is 116 cm³/mol. The van der Waals surface area contributed by atoms with Crippen molar-refractivity contribution in [2.45, 2.75) is 19.9 Å². The number of nitro benzene ring substituents is 1. The van der Waals surface area contributed by atoms with Gasteiger partial charge in [-0.2, -0.15) is 0 Å². The van der Waals surface area contributed by atoms with Crippen LogP contribution in [0.25, 0.3) is 0 Å². The van der Waals surface area contributed by atoms with Crippen molar-refractivity contribution in [2.24, 2.45) is 0 Å². The van der Waals surface area contributed by atoms with Gasteiger partial charge in [0.05, 0.1) is 16.7 Å². The van der Waals surface area contributed by atoms with Gasteiger partial charge in [-0.05, 0) is 61.9 Å². The van der Waals surface area contributed by atoms with Crippen LogP contribution in [0.2, 0.25) is 0 Å². The maximum absolute atomic E-state index is 12.6. The highest BCUT2D eigenvalue weighted by Crippen LogP contribution is 2.29. The Labute approximate surface area is 176 Å². The van der Waals surface area contributed by atoms with E-state index in [9.17, 15) is 14.9 Å². The van der Waals surface area contributed by atoms with Crippen LogP contribution in [0.3, 0.4) is 0 Å². The van der Waals surface area contributed by atoms with E-state index in [-0.39, 0.29) is 17.3 Å². The van der Waals surface area contributed by atoms with Crippen molar-refractivity contribution in [2.75, 3.05) is 10.6 Å². The van der Waals surface area contributed by atoms with E-state index >= 15 is 0 Å². The van der Waals surface area contributed by atoms with E-state index in [1.165, 1.54) is 6.07 Å². The van der Waals surface area contributed by atoms with Crippen LogP contribution in [-0.4, -0.2) is 15.8 Å². The third kappa shape index (κ3) is 4.97. The molecule has 0 saturated heterocycles. The Morgan fingerprint density at radius 1 is 1.14 bits per heavy atom. The number of aromatic nitrogens is 1. The minimum atomic E-state index is -0.505. The third-order valence-electron chi connectivity index (χ3n) is 4.40. The number of anilines is 2. The summed E-state index contributed by atoms with van der Waals surface area (Å²) in [5.41, 5.74) is 2.64. The first-order chi connectivity index (χ1) is 13.8. The number of carbonyl (C=O) groups is 1. The number of halogens is 1. The van der Waals surface area contributed by atoms with Crippen LogP contribution >= 0.6 is 15.9 Å². The first-order valence-electron chi connectivity index (χ1n) is 8.88. The Morgan fingerprint density at radius 3 is 2.55 bits per heavy atom. The van der Waals surface area contributed by atoms with Crippen molar-refractivity contribution < 1.29 is 9.72 Å². The van der Waals surface area contributed by atoms with Crippen molar-refractivity contribution in [3.05, 3.63) is 92.2 Å². The molecule has 29 heavy (non-hydrogen) atoms. The summed E-state index contributed by atoms with van der Waals surface area (Å²) in [5, 5.41) is 17.5. The Bertz CT molecular complexity index is 1060. The number of hydrogen-bond donors (Lipinski definition) is 2. The molecule has 1 amide bonds. The minimum Gasteiger partial charge on any atom is -0.371 e. The molecule has 0 aliphatic carbocycles. The van der Waals surface area contributed by atoms with Crippen LogP contribution in [-0.2, 0) is 0 Å². The van der Waals surface area contributed by atoms with E-state index in [0.29, 0.717) is 11.4 Å². The van der Waals surface area contributed by atoms with Crippen LogP contribution in [0, 0.1) is 17.0 Å². The molecule has 2 N–H and O–H groups in total. The van der Waals surface area contributed by atoms with E-state index in [1.54, 1.807) is 30.5 Å². The number of rotatable bonds is 6. The zero-order chi connectivity index (χ0) is 21.0. The van der Waals surface area contributed by atoms with Gasteiger partial charge in [-0.25, -0.2) is 0 Å². The van der Waals surface area contributed by atoms with Crippen LogP contribution in [0.1, 0.15) is 34.6 Å². The molecular formula is C21H19BrN4O3. The van der Waals surface area contributed by atoms with Crippen LogP contribution in [0.15, 0.2) is 65.3 Å². The van der Waals surface area contributed by atoms with Crippen LogP contribution < -0.4 is 10.6 Å². The number of pyridine rings is 1.